The third-order valence-corrected chi connectivity index (χ3v) is 4.88. The summed E-state index contributed by atoms with van der Waals surface area (Å²) in [6, 6.07) is 7.73. The molecular formula is C16H18N2O2S. The lowest BCUT2D eigenvalue weighted by atomic mass is 9.82. The van der Waals surface area contributed by atoms with Crippen molar-refractivity contribution in [1.29, 1.82) is 0 Å². The van der Waals surface area contributed by atoms with Crippen molar-refractivity contribution in [1.82, 2.24) is 10.1 Å². The Hall–Kier alpha value is -1.62. The molecule has 4 nitrogen and oxygen atoms in total. The largest absolute Gasteiger partial charge is 0.339 e. The Morgan fingerprint density at radius 2 is 2.24 bits per heavy atom. The summed E-state index contributed by atoms with van der Waals surface area (Å²) in [6.45, 7) is 4.20. The number of rotatable bonds is 4. The molecule has 5 heteroatoms. The van der Waals surface area contributed by atoms with Gasteiger partial charge in [0.25, 0.3) is 0 Å². The van der Waals surface area contributed by atoms with Crippen molar-refractivity contribution in [3.8, 4) is 0 Å². The third-order valence-electron chi connectivity index (χ3n) is 3.83. The Labute approximate surface area is 128 Å². The molecule has 1 heterocycles. The molecule has 0 N–H and O–H groups in total. The fourth-order valence-electron chi connectivity index (χ4n) is 2.76. The van der Waals surface area contributed by atoms with Crippen molar-refractivity contribution in [3.05, 3.63) is 47.1 Å². The van der Waals surface area contributed by atoms with Crippen molar-refractivity contribution in [2.24, 2.45) is 0 Å². The van der Waals surface area contributed by atoms with Gasteiger partial charge in [0.15, 0.2) is 11.6 Å². The number of aromatic nitrogens is 2. The van der Waals surface area contributed by atoms with Crippen molar-refractivity contribution < 1.29 is 9.32 Å². The highest BCUT2D eigenvalue weighted by Crippen LogP contribution is 2.36. The van der Waals surface area contributed by atoms with Crippen LogP contribution >= 0.6 is 11.8 Å². The fourth-order valence-corrected chi connectivity index (χ4v) is 3.50. The highest BCUT2D eigenvalue weighted by atomic mass is 32.2. The zero-order valence-electron chi connectivity index (χ0n) is 12.2. The first-order chi connectivity index (χ1) is 10.2. The molecular weight excluding hydrogens is 284 g/mol. The van der Waals surface area contributed by atoms with Crippen LogP contribution in [-0.2, 0) is 0 Å². The van der Waals surface area contributed by atoms with E-state index in [0.29, 0.717) is 12.3 Å². The molecule has 0 spiro atoms. The zero-order chi connectivity index (χ0) is 14.8. The number of carbonyl (C=O) groups excluding carboxylic acids is 1. The molecule has 2 atom stereocenters. The summed E-state index contributed by atoms with van der Waals surface area (Å²) >= 11 is 1.79. The molecule has 2 unspecified atom stereocenters. The predicted molar refractivity (Wildman–Crippen MR) is 82.7 cm³/mol. The number of fused-ring (bicyclic) bond motifs is 1. The van der Waals surface area contributed by atoms with Crippen LogP contribution in [0, 0.1) is 0 Å². The second kappa shape index (κ2) is 6.02. The van der Waals surface area contributed by atoms with Crippen LogP contribution in [0.4, 0.5) is 0 Å². The third kappa shape index (κ3) is 2.75. The lowest BCUT2D eigenvalue weighted by Gasteiger charge is -2.21. The SMILES string of the molecule is CCSC(C)c1noc(C2CCC(=O)c3ccccc32)n1. The van der Waals surface area contributed by atoms with Crippen LogP contribution in [0.1, 0.15) is 65.5 Å². The van der Waals surface area contributed by atoms with E-state index < -0.39 is 0 Å². The first-order valence-corrected chi connectivity index (χ1v) is 8.32. The first kappa shape index (κ1) is 14.3. The monoisotopic (exact) mass is 302 g/mol. The van der Waals surface area contributed by atoms with Gasteiger partial charge in [0.05, 0.1) is 11.2 Å². The summed E-state index contributed by atoms with van der Waals surface area (Å²) in [4.78, 5) is 16.6. The number of hydrogen-bond acceptors (Lipinski definition) is 5. The van der Waals surface area contributed by atoms with E-state index in [1.165, 1.54) is 0 Å². The van der Waals surface area contributed by atoms with Gasteiger partial charge >= 0.3 is 0 Å². The molecule has 0 saturated heterocycles. The Balaban J connectivity index is 1.91. The molecule has 21 heavy (non-hydrogen) atoms. The summed E-state index contributed by atoms with van der Waals surface area (Å²) in [6.07, 6.45) is 1.28. The molecule has 1 aliphatic rings. The van der Waals surface area contributed by atoms with Crippen LogP contribution in [0.25, 0.3) is 0 Å². The number of ketones is 1. The number of hydrogen-bond donors (Lipinski definition) is 0. The molecule has 3 rings (SSSR count). The van der Waals surface area contributed by atoms with Gasteiger partial charge in [0.1, 0.15) is 0 Å². The molecule has 1 aromatic carbocycles. The van der Waals surface area contributed by atoms with E-state index in [9.17, 15) is 4.79 Å². The Morgan fingerprint density at radius 3 is 3.05 bits per heavy atom. The minimum Gasteiger partial charge on any atom is -0.339 e. The molecule has 0 amide bonds. The molecule has 0 saturated carbocycles. The van der Waals surface area contributed by atoms with Crippen LogP contribution in [0.15, 0.2) is 28.8 Å². The normalized spacial score (nSPS) is 19.3. The smallest absolute Gasteiger partial charge is 0.234 e. The van der Waals surface area contributed by atoms with E-state index in [-0.39, 0.29) is 17.0 Å². The lowest BCUT2D eigenvalue weighted by Crippen LogP contribution is -2.16. The summed E-state index contributed by atoms with van der Waals surface area (Å²) in [5, 5.41) is 4.34. The van der Waals surface area contributed by atoms with Crippen molar-refractivity contribution >= 4 is 17.5 Å². The summed E-state index contributed by atoms with van der Waals surface area (Å²) in [7, 11) is 0. The zero-order valence-corrected chi connectivity index (χ0v) is 13.0. The second-order valence-electron chi connectivity index (χ2n) is 5.19. The van der Waals surface area contributed by atoms with E-state index in [1.807, 2.05) is 24.3 Å². The van der Waals surface area contributed by atoms with Gasteiger partial charge in [-0.2, -0.15) is 16.7 Å². The van der Waals surface area contributed by atoms with Crippen LogP contribution in [-0.4, -0.2) is 21.7 Å². The van der Waals surface area contributed by atoms with Crippen LogP contribution in [0.3, 0.4) is 0 Å². The minimum absolute atomic E-state index is 0.0407. The molecule has 0 radical (unpaired) electrons. The standard InChI is InChI=1S/C16H18N2O2S/c1-3-21-10(2)15-17-16(20-18-15)13-8-9-14(19)12-7-5-4-6-11(12)13/h4-7,10,13H,3,8-9H2,1-2H3. The van der Waals surface area contributed by atoms with E-state index in [2.05, 4.69) is 24.0 Å². The Bertz CT molecular complexity index is 653. The van der Waals surface area contributed by atoms with Gasteiger partial charge < -0.3 is 4.52 Å². The average molecular weight is 302 g/mol. The molecule has 2 aromatic rings. The maximum Gasteiger partial charge on any atom is 0.234 e. The summed E-state index contributed by atoms with van der Waals surface area (Å²) < 4.78 is 5.48. The van der Waals surface area contributed by atoms with E-state index >= 15 is 0 Å². The lowest BCUT2D eigenvalue weighted by molar-refractivity contribution is 0.0967. The van der Waals surface area contributed by atoms with Crippen LogP contribution in [0.2, 0.25) is 0 Å². The van der Waals surface area contributed by atoms with E-state index in [1.54, 1.807) is 11.8 Å². The molecule has 0 bridgehead atoms. The minimum atomic E-state index is 0.0407. The van der Waals surface area contributed by atoms with Gasteiger partial charge in [-0.25, -0.2) is 0 Å². The number of thioether (sulfide) groups is 1. The second-order valence-corrected chi connectivity index (χ2v) is 6.81. The van der Waals surface area contributed by atoms with Crippen LogP contribution in [0.5, 0.6) is 0 Å². The maximum absolute atomic E-state index is 12.0. The van der Waals surface area contributed by atoms with Gasteiger partial charge in [-0.05, 0) is 24.7 Å². The molecule has 0 aliphatic heterocycles. The maximum atomic E-state index is 12.0. The van der Waals surface area contributed by atoms with E-state index in [4.69, 9.17) is 4.52 Å². The van der Waals surface area contributed by atoms with Gasteiger partial charge in [-0.3, -0.25) is 4.79 Å². The van der Waals surface area contributed by atoms with Crippen LogP contribution < -0.4 is 0 Å². The van der Waals surface area contributed by atoms with Gasteiger partial charge in [-0.15, -0.1) is 0 Å². The van der Waals surface area contributed by atoms with Crippen molar-refractivity contribution in [2.75, 3.05) is 5.75 Å². The number of nitrogens with zero attached hydrogens (tertiary/aromatic N) is 2. The number of Topliss-reactive ketones (excluding diaryl/α,β-unsaturated/α-hetero) is 1. The first-order valence-electron chi connectivity index (χ1n) is 7.28. The van der Waals surface area contributed by atoms with Crippen molar-refractivity contribution in [3.63, 3.8) is 0 Å². The molecule has 0 fully saturated rings. The number of benzene rings is 1. The highest BCUT2D eigenvalue weighted by Gasteiger charge is 2.30. The predicted octanol–water partition coefficient (Wildman–Crippen LogP) is 3.99. The van der Waals surface area contributed by atoms with Crippen molar-refractivity contribution in [2.45, 2.75) is 37.9 Å². The average Bonchev–Trinajstić information content (AvgIpc) is 2.98. The molecule has 1 aliphatic carbocycles. The van der Waals surface area contributed by atoms with Gasteiger partial charge in [-0.1, -0.05) is 36.3 Å². The molecule has 110 valence electrons. The summed E-state index contributed by atoms with van der Waals surface area (Å²) in [5.74, 6) is 2.64. The molecule has 1 aromatic heterocycles. The quantitative estimate of drug-likeness (QED) is 0.854. The van der Waals surface area contributed by atoms with E-state index in [0.717, 1.165) is 29.1 Å². The summed E-state index contributed by atoms with van der Waals surface area (Å²) in [5.41, 5.74) is 1.81. The highest BCUT2D eigenvalue weighted by molar-refractivity contribution is 7.99. The number of carbonyl (C=O) groups is 1. The topological polar surface area (TPSA) is 56.0 Å². The van der Waals surface area contributed by atoms with Gasteiger partial charge in [0.2, 0.25) is 5.89 Å². The fraction of sp³-hybridized carbons (Fsp3) is 0.438. The van der Waals surface area contributed by atoms with Gasteiger partial charge in [0, 0.05) is 12.0 Å². The Morgan fingerprint density at radius 1 is 1.43 bits per heavy atom. The Kier molecular flexibility index (Phi) is 4.10.